The van der Waals surface area contributed by atoms with Crippen molar-refractivity contribution in [2.24, 2.45) is 7.05 Å². The van der Waals surface area contributed by atoms with Gasteiger partial charge in [-0.05, 0) is 6.42 Å². The summed E-state index contributed by atoms with van der Waals surface area (Å²) < 4.78 is 65.0. The van der Waals surface area contributed by atoms with Gasteiger partial charge >= 0.3 is 6.18 Å². The molecule has 1 aliphatic rings. The van der Waals surface area contributed by atoms with Gasteiger partial charge in [0.05, 0.1) is 0 Å². The molecule has 110 valence electrons. The zero-order valence-corrected chi connectivity index (χ0v) is 10.7. The summed E-state index contributed by atoms with van der Waals surface area (Å²) in [7, 11) is 1.24. The highest BCUT2D eigenvalue weighted by atomic mass is 19.4. The molecule has 1 unspecified atom stereocenters. The summed E-state index contributed by atoms with van der Waals surface area (Å²) in [6.45, 7) is 4.00. The van der Waals surface area contributed by atoms with E-state index in [2.05, 4.69) is 5.10 Å². The normalized spacial score (nSPS) is 21.4. The Labute approximate surface area is 107 Å². The first-order valence-corrected chi connectivity index (χ1v) is 5.83. The van der Waals surface area contributed by atoms with Crippen molar-refractivity contribution in [3.05, 3.63) is 17.0 Å². The number of aryl methyl sites for hydroxylation is 1. The third-order valence-corrected chi connectivity index (χ3v) is 2.84. The molecule has 0 amide bonds. The standard InChI is InChI=1S/C9H9F5N2O.C2H6/c1-16-4-2-3-8(10,11)7(17)5(4)6(15-16)9(12,13)14;1-2/h7,17H,2-3H2,1H3;1-2H3. The minimum Gasteiger partial charge on any atom is -0.382 e. The molecule has 0 aromatic carbocycles. The first-order chi connectivity index (χ1) is 8.64. The lowest BCUT2D eigenvalue weighted by Gasteiger charge is -2.28. The molecule has 0 fully saturated rings. The van der Waals surface area contributed by atoms with Crippen molar-refractivity contribution in [2.75, 3.05) is 0 Å². The van der Waals surface area contributed by atoms with Crippen LogP contribution in [-0.2, 0) is 19.6 Å². The number of nitrogens with zero attached hydrogens (tertiary/aromatic N) is 2. The summed E-state index contributed by atoms with van der Waals surface area (Å²) in [5.74, 6) is -3.55. The van der Waals surface area contributed by atoms with Crippen LogP contribution in [0.25, 0.3) is 0 Å². The lowest BCUT2D eigenvalue weighted by Crippen LogP contribution is -2.33. The maximum atomic E-state index is 13.2. The molecule has 1 aromatic heterocycles. The van der Waals surface area contributed by atoms with E-state index in [-0.39, 0.29) is 12.1 Å². The number of hydrogen-bond acceptors (Lipinski definition) is 2. The monoisotopic (exact) mass is 286 g/mol. The minimum atomic E-state index is -4.85. The van der Waals surface area contributed by atoms with Crippen molar-refractivity contribution in [3.63, 3.8) is 0 Å². The molecule has 0 saturated heterocycles. The molecule has 0 bridgehead atoms. The second-order valence-electron chi connectivity index (χ2n) is 3.99. The topological polar surface area (TPSA) is 38.0 Å². The summed E-state index contributed by atoms with van der Waals surface area (Å²) in [4.78, 5) is 0. The van der Waals surface area contributed by atoms with Gasteiger partial charge in [0, 0.05) is 24.7 Å². The Bertz CT molecular complexity index is 453. The average molecular weight is 286 g/mol. The maximum Gasteiger partial charge on any atom is 0.435 e. The van der Waals surface area contributed by atoms with Crippen LogP contribution in [0.1, 0.15) is 43.3 Å². The third kappa shape index (κ3) is 2.72. The molecule has 1 N–H and O–H groups in total. The van der Waals surface area contributed by atoms with E-state index in [0.717, 1.165) is 4.68 Å². The Morgan fingerprint density at radius 3 is 2.32 bits per heavy atom. The zero-order chi connectivity index (χ0) is 15.0. The molecule has 1 atom stereocenters. The van der Waals surface area contributed by atoms with Crippen molar-refractivity contribution in [1.29, 1.82) is 0 Å². The van der Waals surface area contributed by atoms with Crippen LogP contribution in [0.15, 0.2) is 0 Å². The molecule has 0 saturated carbocycles. The predicted molar refractivity (Wildman–Crippen MR) is 57.8 cm³/mol. The second kappa shape index (κ2) is 5.07. The van der Waals surface area contributed by atoms with Crippen LogP contribution in [0.5, 0.6) is 0 Å². The van der Waals surface area contributed by atoms with Crippen LogP contribution in [0.2, 0.25) is 0 Å². The Morgan fingerprint density at radius 2 is 1.84 bits per heavy atom. The second-order valence-corrected chi connectivity index (χ2v) is 3.99. The van der Waals surface area contributed by atoms with Crippen molar-refractivity contribution >= 4 is 0 Å². The molecular weight excluding hydrogens is 271 g/mol. The number of halogens is 5. The molecule has 8 heteroatoms. The number of aliphatic hydroxyl groups is 1. The highest BCUT2D eigenvalue weighted by Gasteiger charge is 2.50. The van der Waals surface area contributed by atoms with Crippen molar-refractivity contribution in [2.45, 2.75) is 44.9 Å². The SMILES string of the molecule is CC.Cn1nc(C(F)(F)F)c2c1CCC(F)(F)C2O. The van der Waals surface area contributed by atoms with E-state index in [1.165, 1.54) is 7.05 Å². The Kier molecular flexibility index (Phi) is 4.23. The van der Waals surface area contributed by atoms with Crippen LogP contribution in [0, 0.1) is 0 Å². The van der Waals surface area contributed by atoms with Gasteiger partial charge in [-0.15, -0.1) is 0 Å². The molecule has 3 nitrogen and oxygen atoms in total. The van der Waals surface area contributed by atoms with Gasteiger partial charge in [-0.2, -0.15) is 18.3 Å². The summed E-state index contributed by atoms with van der Waals surface area (Å²) >= 11 is 0. The van der Waals surface area contributed by atoms with E-state index >= 15 is 0 Å². The molecule has 1 aliphatic carbocycles. The molecule has 19 heavy (non-hydrogen) atoms. The number of aromatic nitrogens is 2. The van der Waals surface area contributed by atoms with E-state index in [1.54, 1.807) is 0 Å². The highest BCUT2D eigenvalue weighted by molar-refractivity contribution is 5.34. The number of hydrogen-bond donors (Lipinski definition) is 1. The number of aliphatic hydroxyl groups excluding tert-OH is 1. The molecule has 0 spiro atoms. The molecule has 1 aromatic rings. The number of alkyl halides is 5. The maximum absolute atomic E-state index is 13.2. The van der Waals surface area contributed by atoms with Crippen molar-refractivity contribution in [1.82, 2.24) is 9.78 Å². The first kappa shape index (κ1) is 15.9. The molecule has 0 radical (unpaired) electrons. The predicted octanol–water partition coefficient (Wildman–Crippen LogP) is 3.08. The fourth-order valence-electron chi connectivity index (χ4n) is 2.00. The number of rotatable bonds is 0. The van der Waals surface area contributed by atoms with E-state index in [9.17, 15) is 27.1 Å². The first-order valence-electron chi connectivity index (χ1n) is 5.83. The van der Waals surface area contributed by atoms with Crippen molar-refractivity contribution < 1.29 is 27.1 Å². The third-order valence-electron chi connectivity index (χ3n) is 2.84. The van der Waals surface area contributed by atoms with Gasteiger partial charge in [0.1, 0.15) is 6.10 Å². The highest BCUT2D eigenvalue weighted by Crippen LogP contribution is 2.46. The summed E-state index contributed by atoms with van der Waals surface area (Å²) in [6, 6.07) is 0. The van der Waals surface area contributed by atoms with Crippen LogP contribution in [0.4, 0.5) is 22.0 Å². The summed E-state index contributed by atoms with van der Waals surface area (Å²) in [6.07, 6.45) is -8.21. The lowest BCUT2D eigenvalue weighted by atomic mass is 9.89. The fourth-order valence-corrected chi connectivity index (χ4v) is 2.00. The van der Waals surface area contributed by atoms with Crippen molar-refractivity contribution in [3.8, 4) is 0 Å². The van der Waals surface area contributed by atoms with E-state index < -0.39 is 35.9 Å². The Hall–Kier alpha value is -1.18. The van der Waals surface area contributed by atoms with E-state index in [4.69, 9.17) is 0 Å². The van der Waals surface area contributed by atoms with Crippen LogP contribution < -0.4 is 0 Å². The summed E-state index contributed by atoms with van der Waals surface area (Å²) in [5, 5.41) is 12.5. The van der Waals surface area contributed by atoms with Gasteiger partial charge in [0.25, 0.3) is 5.92 Å². The van der Waals surface area contributed by atoms with Crippen LogP contribution in [0.3, 0.4) is 0 Å². The van der Waals surface area contributed by atoms with E-state index in [1.807, 2.05) is 13.8 Å². The van der Waals surface area contributed by atoms with Gasteiger partial charge in [0.15, 0.2) is 5.69 Å². The molecule has 0 aliphatic heterocycles. The fraction of sp³-hybridized carbons (Fsp3) is 0.727. The van der Waals surface area contributed by atoms with E-state index in [0.29, 0.717) is 0 Å². The largest absolute Gasteiger partial charge is 0.435 e. The summed E-state index contributed by atoms with van der Waals surface area (Å²) in [5.41, 5.74) is -2.21. The Balaban J connectivity index is 0.000000861. The van der Waals surface area contributed by atoms with Crippen LogP contribution >= 0.6 is 0 Å². The Morgan fingerprint density at radius 1 is 1.32 bits per heavy atom. The lowest BCUT2D eigenvalue weighted by molar-refractivity contribution is -0.150. The molecule has 2 rings (SSSR count). The average Bonchev–Trinajstić information content (AvgIpc) is 2.64. The zero-order valence-electron chi connectivity index (χ0n) is 10.7. The molecular formula is C11H15F5N2O. The van der Waals surface area contributed by atoms with Gasteiger partial charge in [-0.3, -0.25) is 4.68 Å². The molecule has 1 heterocycles. The smallest absolute Gasteiger partial charge is 0.382 e. The van der Waals surface area contributed by atoms with Gasteiger partial charge in [0.2, 0.25) is 0 Å². The number of fused-ring (bicyclic) bond motifs is 1. The van der Waals surface area contributed by atoms with Gasteiger partial charge in [-0.25, -0.2) is 8.78 Å². The minimum absolute atomic E-state index is 0.00995. The quantitative estimate of drug-likeness (QED) is 0.744. The van der Waals surface area contributed by atoms with Gasteiger partial charge in [-0.1, -0.05) is 13.8 Å². The van der Waals surface area contributed by atoms with Gasteiger partial charge < -0.3 is 5.11 Å². The van der Waals surface area contributed by atoms with Crippen LogP contribution in [-0.4, -0.2) is 20.8 Å².